The van der Waals surface area contributed by atoms with E-state index in [1.807, 2.05) is 21.7 Å². The van der Waals surface area contributed by atoms with E-state index in [4.69, 9.17) is 0 Å². The molecule has 0 bridgehead atoms. The van der Waals surface area contributed by atoms with Crippen molar-refractivity contribution < 1.29 is 17.0 Å². The van der Waals surface area contributed by atoms with Crippen LogP contribution >= 0.6 is 0 Å². The summed E-state index contributed by atoms with van der Waals surface area (Å²) in [7, 11) is 0. The van der Waals surface area contributed by atoms with E-state index in [1.54, 1.807) is 0 Å². The zero-order valence-electron chi connectivity index (χ0n) is 8.60. The fourth-order valence-electron chi connectivity index (χ4n) is 1.17. The molecule has 0 radical (unpaired) electrons. The summed E-state index contributed by atoms with van der Waals surface area (Å²) < 4.78 is 1.16. The van der Waals surface area contributed by atoms with Crippen LogP contribution in [0, 0.1) is 0 Å². The van der Waals surface area contributed by atoms with Crippen molar-refractivity contribution >= 4 is 21.7 Å². The molecule has 1 aromatic carbocycles. The Morgan fingerprint density at radius 1 is 1.08 bits per heavy atom. The maximum atomic E-state index is 2.25. The fourth-order valence-corrected chi connectivity index (χ4v) is 1.50. The van der Waals surface area contributed by atoms with Gasteiger partial charge in [0.05, 0.1) is 0 Å². The monoisotopic (exact) mass is 250 g/mol. The summed E-state index contributed by atoms with van der Waals surface area (Å²) in [6.45, 7) is 6.74. The SMILES string of the molecule is CC(C)(C)c1ccc([CH2][Mg+])cc1.[Br-]. The van der Waals surface area contributed by atoms with Gasteiger partial charge in [0.2, 0.25) is 0 Å². The van der Waals surface area contributed by atoms with Gasteiger partial charge >= 0.3 is 87.8 Å². The molecule has 0 spiro atoms. The standard InChI is InChI=1S/C11H15.BrH.Mg/c1-9-5-7-10(8-6-9)11(2,3)4;;/h5-8H,1H2,2-4H3;1H;/q;;+1/p-1. The van der Waals surface area contributed by atoms with Gasteiger partial charge in [-0.25, -0.2) is 0 Å². The van der Waals surface area contributed by atoms with Crippen LogP contribution in [0.1, 0.15) is 31.9 Å². The van der Waals surface area contributed by atoms with Gasteiger partial charge in [0.1, 0.15) is 0 Å². The molecule has 0 amide bonds. The minimum Gasteiger partial charge on any atom is -1.00 e. The van der Waals surface area contributed by atoms with Gasteiger partial charge in [-0.15, -0.1) is 0 Å². The first-order valence-electron chi connectivity index (χ1n) is 4.42. The predicted molar refractivity (Wildman–Crippen MR) is 54.6 cm³/mol. The van der Waals surface area contributed by atoms with Gasteiger partial charge in [-0.05, 0) is 0 Å². The van der Waals surface area contributed by atoms with E-state index >= 15 is 0 Å². The van der Waals surface area contributed by atoms with Crippen molar-refractivity contribution in [3.05, 3.63) is 35.4 Å². The molecular formula is C11H15BrMg. The minimum atomic E-state index is 0. The first-order valence-corrected chi connectivity index (χ1v) is 5.42. The number of hydrogen-bond donors (Lipinski definition) is 0. The summed E-state index contributed by atoms with van der Waals surface area (Å²) in [5, 5.41) is 0. The van der Waals surface area contributed by atoms with Crippen molar-refractivity contribution in [2.75, 3.05) is 0 Å². The van der Waals surface area contributed by atoms with Gasteiger partial charge in [-0.1, -0.05) is 0 Å². The number of rotatable bonds is 1. The van der Waals surface area contributed by atoms with Gasteiger partial charge in [-0.2, -0.15) is 0 Å². The number of hydrogen-bond acceptors (Lipinski definition) is 0. The molecule has 0 aliphatic carbocycles. The summed E-state index contributed by atoms with van der Waals surface area (Å²) in [5.41, 5.74) is 3.14. The number of halogens is 1. The molecule has 0 aliphatic heterocycles. The summed E-state index contributed by atoms with van der Waals surface area (Å²) in [5.74, 6) is 0. The van der Waals surface area contributed by atoms with E-state index in [-0.39, 0.29) is 22.4 Å². The predicted octanol–water partition coefficient (Wildman–Crippen LogP) is -0.343. The zero-order chi connectivity index (χ0) is 9.19. The summed E-state index contributed by atoms with van der Waals surface area (Å²) in [6.07, 6.45) is 0. The van der Waals surface area contributed by atoms with Crippen LogP contribution in [0.15, 0.2) is 24.3 Å². The summed E-state index contributed by atoms with van der Waals surface area (Å²) >= 11 is 2.00. The smallest absolute Gasteiger partial charge is 1.00 e. The van der Waals surface area contributed by atoms with Crippen molar-refractivity contribution in [3.63, 3.8) is 0 Å². The molecule has 68 valence electrons. The Morgan fingerprint density at radius 2 is 1.54 bits per heavy atom. The molecule has 2 heteroatoms. The average molecular weight is 251 g/mol. The Bertz CT molecular complexity index is 246. The molecule has 0 nitrogen and oxygen atoms in total. The molecule has 0 fully saturated rings. The largest absolute Gasteiger partial charge is 1.00 e. The quantitative estimate of drug-likeness (QED) is 0.599. The first kappa shape index (κ1) is 13.5. The molecular weight excluding hydrogens is 236 g/mol. The maximum absolute atomic E-state index is 2.25. The molecule has 1 rings (SSSR count). The molecule has 0 unspecified atom stereocenters. The Kier molecular flexibility index (Phi) is 5.57. The van der Waals surface area contributed by atoms with Crippen LogP contribution in [0.2, 0.25) is 0 Å². The van der Waals surface area contributed by atoms with Crippen molar-refractivity contribution in [2.24, 2.45) is 0 Å². The number of benzene rings is 1. The Morgan fingerprint density at radius 3 is 1.85 bits per heavy atom. The van der Waals surface area contributed by atoms with Crippen molar-refractivity contribution in [2.45, 2.75) is 30.7 Å². The third-order valence-electron chi connectivity index (χ3n) is 2.11. The second-order valence-electron chi connectivity index (χ2n) is 4.20. The molecule has 0 heterocycles. The molecule has 1 aromatic rings. The van der Waals surface area contributed by atoms with Gasteiger partial charge in [-0.3, -0.25) is 0 Å². The van der Waals surface area contributed by atoms with Crippen LogP contribution in [0.5, 0.6) is 0 Å². The molecule has 0 N–H and O–H groups in total. The maximum Gasteiger partial charge on any atom is -1.00 e. The summed E-state index contributed by atoms with van der Waals surface area (Å²) in [4.78, 5) is 0. The van der Waals surface area contributed by atoms with Crippen molar-refractivity contribution in [1.29, 1.82) is 0 Å². The van der Waals surface area contributed by atoms with Crippen molar-refractivity contribution in [1.82, 2.24) is 0 Å². The van der Waals surface area contributed by atoms with Crippen LogP contribution in [-0.2, 0) is 9.97 Å². The van der Waals surface area contributed by atoms with E-state index in [1.165, 1.54) is 11.1 Å². The second kappa shape index (κ2) is 5.37. The third kappa shape index (κ3) is 4.00. The van der Waals surface area contributed by atoms with Crippen LogP contribution in [0.3, 0.4) is 0 Å². The fraction of sp³-hybridized carbons (Fsp3) is 0.455. The van der Waals surface area contributed by atoms with Gasteiger partial charge in [0.15, 0.2) is 0 Å². The summed E-state index contributed by atoms with van der Waals surface area (Å²) in [6, 6.07) is 8.94. The van der Waals surface area contributed by atoms with Crippen LogP contribution in [0.4, 0.5) is 0 Å². The zero-order valence-corrected chi connectivity index (χ0v) is 11.6. The molecule has 0 aliphatic rings. The molecule has 0 saturated heterocycles. The normalized spacial score (nSPS) is 10.8. The Hall–Kier alpha value is 0.466. The van der Waals surface area contributed by atoms with E-state index in [2.05, 4.69) is 45.0 Å². The minimum absolute atomic E-state index is 0. The third-order valence-corrected chi connectivity index (χ3v) is 2.69. The first-order chi connectivity index (χ1) is 5.54. The van der Waals surface area contributed by atoms with Gasteiger partial charge in [0.25, 0.3) is 0 Å². The van der Waals surface area contributed by atoms with E-state index in [0.717, 1.165) is 4.55 Å². The molecule has 0 atom stereocenters. The Balaban J connectivity index is 0.00000144. The molecule has 13 heavy (non-hydrogen) atoms. The average Bonchev–Trinajstić information content (AvgIpc) is 2.03. The van der Waals surface area contributed by atoms with E-state index in [0.29, 0.717) is 0 Å². The second-order valence-corrected chi connectivity index (χ2v) is 4.70. The van der Waals surface area contributed by atoms with Crippen molar-refractivity contribution in [3.8, 4) is 0 Å². The topological polar surface area (TPSA) is 0 Å². The molecule has 0 saturated carbocycles. The van der Waals surface area contributed by atoms with Crippen LogP contribution < -0.4 is 17.0 Å². The van der Waals surface area contributed by atoms with E-state index in [9.17, 15) is 0 Å². The Labute approximate surface area is 104 Å². The van der Waals surface area contributed by atoms with E-state index < -0.39 is 0 Å². The van der Waals surface area contributed by atoms with Crippen LogP contribution in [0.25, 0.3) is 0 Å². The van der Waals surface area contributed by atoms with Gasteiger partial charge < -0.3 is 17.0 Å². The van der Waals surface area contributed by atoms with Crippen LogP contribution in [-0.4, -0.2) is 21.7 Å². The molecule has 0 aromatic heterocycles. The van der Waals surface area contributed by atoms with Gasteiger partial charge in [0, 0.05) is 0 Å².